The molecule has 0 aromatic rings. The van der Waals surface area contributed by atoms with Crippen molar-refractivity contribution >= 4 is 6.16 Å². The molecule has 1 fully saturated rings. The van der Waals surface area contributed by atoms with E-state index in [-0.39, 0.29) is 6.79 Å². The van der Waals surface area contributed by atoms with E-state index in [2.05, 4.69) is 15.5 Å². The number of carbonyl (C=O) groups is 1. The average molecular weight is 163 g/mol. The van der Waals surface area contributed by atoms with Gasteiger partial charge >= 0.3 is 6.16 Å². The molecular formula is C5H9NO5. The number of rotatable bonds is 1. The molecule has 6 nitrogen and oxygen atoms in total. The minimum absolute atomic E-state index is 0.234. The first-order valence-electron chi connectivity index (χ1n) is 3.05. The fourth-order valence-electron chi connectivity index (χ4n) is 0.698. The SMILES string of the molecule is NOC(=O)OC1COCOC1. The van der Waals surface area contributed by atoms with Gasteiger partial charge in [0.15, 0.2) is 6.10 Å². The molecule has 0 radical (unpaired) electrons. The summed E-state index contributed by atoms with van der Waals surface area (Å²) in [5, 5.41) is 0. The van der Waals surface area contributed by atoms with E-state index in [1.165, 1.54) is 0 Å². The largest absolute Gasteiger partial charge is 0.527 e. The van der Waals surface area contributed by atoms with Crippen LogP contribution in [0.15, 0.2) is 0 Å². The third kappa shape index (κ3) is 2.71. The van der Waals surface area contributed by atoms with E-state index in [9.17, 15) is 4.79 Å². The Bertz CT molecular complexity index is 133. The lowest BCUT2D eigenvalue weighted by Gasteiger charge is -2.21. The second kappa shape index (κ2) is 4.12. The third-order valence-corrected chi connectivity index (χ3v) is 1.13. The molecule has 0 unspecified atom stereocenters. The number of carbonyl (C=O) groups excluding carboxylic acids is 1. The fourth-order valence-corrected chi connectivity index (χ4v) is 0.698. The maximum atomic E-state index is 10.4. The van der Waals surface area contributed by atoms with E-state index in [1.807, 2.05) is 0 Å². The molecule has 1 saturated heterocycles. The van der Waals surface area contributed by atoms with Crippen LogP contribution < -0.4 is 5.90 Å². The van der Waals surface area contributed by atoms with Crippen molar-refractivity contribution in [2.75, 3.05) is 20.0 Å². The summed E-state index contributed by atoms with van der Waals surface area (Å²) in [7, 11) is 0. The Labute approximate surface area is 63.1 Å². The summed E-state index contributed by atoms with van der Waals surface area (Å²) < 4.78 is 14.3. The van der Waals surface area contributed by atoms with Crippen LogP contribution in [0.25, 0.3) is 0 Å². The number of ether oxygens (including phenoxy) is 3. The van der Waals surface area contributed by atoms with Crippen LogP contribution in [-0.4, -0.2) is 32.3 Å². The van der Waals surface area contributed by atoms with Crippen molar-refractivity contribution < 1.29 is 23.8 Å². The Kier molecular flexibility index (Phi) is 3.09. The summed E-state index contributed by atoms with van der Waals surface area (Å²) in [5.41, 5.74) is 0. The zero-order valence-electron chi connectivity index (χ0n) is 5.82. The molecule has 2 N–H and O–H groups in total. The minimum Gasteiger partial charge on any atom is -0.425 e. The molecule has 11 heavy (non-hydrogen) atoms. The molecule has 0 aromatic carbocycles. The Balaban J connectivity index is 2.19. The van der Waals surface area contributed by atoms with Crippen molar-refractivity contribution in [2.45, 2.75) is 6.10 Å². The molecule has 0 bridgehead atoms. The lowest BCUT2D eigenvalue weighted by Crippen LogP contribution is -2.34. The Hall–Kier alpha value is -0.850. The van der Waals surface area contributed by atoms with Gasteiger partial charge in [0.1, 0.15) is 6.79 Å². The van der Waals surface area contributed by atoms with Crippen molar-refractivity contribution in [1.29, 1.82) is 0 Å². The number of hydrogen-bond acceptors (Lipinski definition) is 6. The molecule has 1 aliphatic rings. The van der Waals surface area contributed by atoms with Gasteiger partial charge in [-0.05, 0) is 0 Å². The summed E-state index contributed by atoms with van der Waals surface area (Å²) in [6.07, 6.45) is -1.34. The van der Waals surface area contributed by atoms with Crippen molar-refractivity contribution in [3.05, 3.63) is 0 Å². The van der Waals surface area contributed by atoms with E-state index in [0.29, 0.717) is 13.2 Å². The highest BCUT2D eigenvalue weighted by Gasteiger charge is 2.18. The van der Waals surface area contributed by atoms with Gasteiger partial charge in [-0.25, -0.2) is 4.79 Å². The van der Waals surface area contributed by atoms with E-state index in [4.69, 9.17) is 9.47 Å². The first-order valence-corrected chi connectivity index (χ1v) is 3.05. The van der Waals surface area contributed by atoms with Crippen LogP contribution in [-0.2, 0) is 19.0 Å². The average Bonchev–Trinajstić information content (AvgIpc) is 2.06. The molecule has 0 aliphatic carbocycles. The lowest BCUT2D eigenvalue weighted by molar-refractivity contribution is -0.157. The van der Waals surface area contributed by atoms with Gasteiger partial charge in [-0.3, -0.25) is 0 Å². The van der Waals surface area contributed by atoms with Gasteiger partial charge in [-0.15, -0.1) is 0 Å². The maximum Gasteiger partial charge on any atom is 0.527 e. The van der Waals surface area contributed by atoms with Crippen LogP contribution in [0.1, 0.15) is 0 Å². The standard InChI is InChI=1S/C5H9NO5/c6-11-5(7)10-4-1-8-3-9-2-4/h4H,1-3,6H2. The molecule has 0 spiro atoms. The number of hydrogen-bond donors (Lipinski definition) is 1. The smallest absolute Gasteiger partial charge is 0.425 e. The first-order chi connectivity index (χ1) is 5.33. The predicted octanol–water partition coefficient (Wildman–Crippen LogP) is -0.614. The van der Waals surface area contributed by atoms with Gasteiger partial charge in [0.05, 0.1) is 13.2 Å². The van der Waals surface area contributed by atoms with Crippen LogP contribution >= 0.6 is 0 Å². The van der Waals surface area contributed by atoms with Crippen molar-refractivity contribution in [3.63, 3.8) is 0 Å². The van der Waals surface area contributed by atoms with Gasteiger partial charge in [0.2, 0.25) is 0 Å². The van der Waals surface area contributed by atoms with Crippen LogP contribution in [0.2, 0.25) is 0 Å². The molecule has 0 amide bonds. The minimum atomic E-state index is -0.927. The number of nitrogens with two attached hydrogens (primary N) is 1. The normalized spacial score (nSPS) is 19.4. The molecule has 1 aliphatic heterocycles. The Morgan fingerprint density at radius 1 is 1.45 bits per heavy atom. The van der Waals surface area contributed by atoms with Crippen LogP contribution in [0, 0.1) is 0 Å². The van der Waals surface area contributed by atoms with Gasteiger partial charge in [0.25, 0.3) is 0 Å². The first kappa shape index (κ1) is 8.25. The molecule has 0 aromatic heterocycles. The molecule has 1 rings (SSSR count). The zero-order valence-corrected chi connectivity index (χ0v) is 5.82. The molecule has 64 valence electrons. The summed E-state index contributed by atoms with van der Waals surface area (Å²) in [6, 6.07) is 0. The van der Waals surface area contributed by atoms with Gasteiger partial charge in [-0.2, -0.15) is 5.90 Å². The lowest BCUT2D eigenvalue weighted by atomic mass is 10.4. The predicted molar refractivity (Wildman–Crippen MR) is 32.3 cm³/mol. The van der Waals surface area contributed by atoms with Crippen LogP contribution in [0.3, 0.4) is 0 Å². The highest BCUT2D eigenvalue weighted by Crippen LogP contribution is 2.01. The van der Waals surface area contributed by atoms with Crippen molar-refractivity contribution in [3.8, 4) is 0 Å². The van der Waals surface area contributed by atoms with Gasteiger partial charge in [0, 0.05) is 0 Å². The summed E-state index contributed by atoms with van der Waals surface area (Å²) in [6.45, 7) is 0.863. The van der Waals surface area contributed by atoms with Crippen molar-refractivity contribution in [1.82, 2.24) is 0 Å². The fraction of sp³-hybridized carbons (Fsp3) is 0.800. The van der Waals surface area contributed by atoms with E-state index < -0.39 is 12.3 Å². The van der Waals surface area contributed by atoms with E-state index >= 15 is 0 Å². The van der Waals surface area contributed by atoms with Crippen molar-refractivity contribution in [2.24, 2.45) is 5.90 Å². The molecule has 1 heterocycles. The van der Waals surface area contributed by atoms with Crippen LogP contribution in [0.5, 0.6) is 0 Å². The quantitative estimate of drug-likeness (QED) is 0.410. The molecule has 0 atom stereocenters. The molecular weight excluding hydrogens is 154 g/mol. The summed E-state index contributed by atoms with van der Waals surface area (Å²) >= 11 is 0. The second-order valence-corrected chi connectivity index (χ2v) is 1.97. The third-order valence-electron chi connectivity index (χ3n) is 1.13. The van der Waals surface area contributed by atoms with Gasteiger partial charge < -0.3 is 19.0 Å². The highest BCUT2D eigenvalue weighted by atomic mass is 16.8. The summed E-state index contributed by atoms with van der Waals surface area (Å²) in [5.74, 6) is 4.53. The maximum absolute atomic E-state index is 10.4. The van der Waals surface area contributed by atoms with E-state index in [0.717, 1.165) is 0 Å². The Morgan fingerprint density at radius 3 is 2.64 bits per heavy atom. The van der Waals surface area contributed by atoms with Gasteiger partial charge in [-0.1, -0.05) is 0 Å². The monoisotopic (exact) mass is 163 g/mol. The zero-order chi connectivity index (χ0) is 8.10. The summed E-state index contributed by atoms with van der Waals surface area (Å²) in [4.78, 5) is 14.2. The Morgan fingerprint density at radius 2 is 2.09 bits per heavy atom. The topological polar surface area (TPSA) is 80.0 Å². The molecule has 6 heteroatoms. The van der Waals surface area contributed by atoms with Crippen LogP contribution in [0.4, 0.5) is 4.79 Å². The molecule has 0 saturated carbocycles. The second-order valence-electron chi connectivity index (χ2n) is 1.97. The van der Waals surface area contributed by atoms with E-state index in [1.54, 1.807) is 0 Å². The highest BCUT2D eigenvalue weighted by molar-refractivity contribution is 5.59.